The van der Waals surface area contributed by atoms with Crippen LogP contribution in [0.25, 0.3) is 0 Å². The van der Waals surface area contributed by atoms with Gasteiger partial charge in [0, 0.05) is 36.5 Å². The van der Waals surface area contributed by atoms with Gasteiger partial charge in [0.1, 0.15) is 0 Å². The third-order valence-corrected chi connectivity index (χ3v) is 6.33. The maximum atomic E-state index is 12.5. The van der Waals surface area contributed by atoms with Crippen molar-refractivity contribution >= 4 is 32.8 Å². The van der Waals surface area contributed by atoms with Crippen LogP contribution in [-0.2, 0) is 25.9 Å². The molecule has 0 radical (unpaired) electrons. The van der Waals surface area contributed by atoms with Gasteiger partial charge in [-0.15, -0.1) is 11.3 Å². The summed E-state index contributed by atoms with van der Waals surface area (Å²) in [5, 5.41) is 4.83. The van der Waals surface area contributed by atoms with Gasteiger partial charge in [0.05, 0.1) is 17.5 Å². The molecule has 0 unspecified atom stereocenters. The Balaban J connectivity index is 1.64. The van der Waals surface area contributed by atoms with E-state index in [2.05, 4.69) is 16.3 Å². The van der Waals surface area contributed by atoms with E-state index in [1.807, 2.05) is 11.4 Å². The van der Waals surface area contributed by atoms with E-state index in [4.69, 9.17) is 4.74 Å². The highest BCUT2D eigenvalue weighted by Gasteiger charge is 2.21. The summed E-state index contributed by atoms with van der Waals surface area (Å²) in [5.41, 5.74) is 0.483. The number of hydrogen-bond acceptors (Lipinski definition) is 6. The van der Waals surface area contributed by atoms with Crippen LogP contribution in [0.5, 0.6) is 0 Å². The highest BCUT2D eigenvalue weighted by Crippen LogP contribution is 2.18. The average molecular weight is 409 g/mol. The van der Waals surface area contributed by atoms with Crippen molar-refractivity contribution in [3.63, 3.8) is 0 Å². The van der Waals surface area contributed by atoms with Crippen LogP contribution >= 0.6 is 11.3 Å². The first-order chi connectivity index (χ1) is 12.9. The second-order valence-corrected chi connectivity index (χ2v) is 9.78. The minimum atomic E-state index is -3.31. The summed E-state index contributed by atoms with van der Waals surface area (Å²) in [6, 6.07) is 10.4. The molecule has 6 nitrogen and oxygen atoms in total. The van der Waals surface area contributed by atoms with Crippen LogP contribution in [0.3, 0.4) is 0 Å². The highest BCUT2D eigenvalue weighted by atomic mass is 32.2. The van der Waals surface area contributed by atoms with E-state index in [0.29, 0.717) is 18.8 Å². The number of carbonyl (C=O) groups excluding carboxylic acids is 1. The van der Waals surface area contributed by atoms with Crippen molar-refractivity contribution in [2.45, 2.75) is 30.4 Å². The largest absolute Gasteiger partial charge is 0.377 e. The number of benzene rings is 1. The zero-order valence-electron chi connectivity index (χ0n) is 15.3. The lowest BCUT2D eigenvalue weighted by Gasteiger charge is -2.24. The number of amides is 1. The van der Waals surface area contributed by atoms with E-state index < -0.39 is 9.84 Å². The smallest absolute Gasteiger partial charge is 0.238 e. The molecule has 3 rings (SSSR count). The van der Waals surface area contributed by atoms with Crippen LogP contribution in [0.4, 0.5) is 5.69 Å². The van der Waals surface area contributed by atoms with Crippen molar-refractivity contribution in [1.82, 2.24) is 4.90 Å². The first-order valence-electron chi connectivity index (χ1n) is 8.86. The Kier molecular flexibility index (Phi) is 6.64. The maximum Gasteiger partial charge on any atom is 0.238 e. The second kappa shape index (κ2) is 8.97. The van der Waals surface area contributed by atoms with E-state index in [-0.39, 0.29) is 23.5 Å². The Morgan fingerprint density at radius 1 is 1.33 bits per heavy atom. The lowest BCUT2D eigenvalue weighted by Crippen LogP contribution is -2.37. The summed E-state index contributed by atoms with van der Waals surface area (Å²) in [6.45, 7) is 2.39. The second-order valence-electron chi connectivity index (χ2n) is 6.73. The molecule has 8 heteroatoms. The number of thiophene rings is 1. The van der Waals surface area contributed by atoms with Crippen molar-refractivity contribution in [3.05, 3.63) is 46.7 Å². The van der Waals surface area contributed by atoms with Crippen molar-refractivity contribution in [2.24, 2.45) is 0 Å². The molecule has 146 valence electrons. The standard InChI is InChI=1S/C19H24N2O4S2/c1-27(23,24)18-8-2-5-15(11-18)20-19(22)14-21(12-16-6-3-9-25-16)13-17-7-4-10-26-17/h2,4-5,7-8,10-11,16H,3,6,9,12-14H2,1H3,(H,20,22)/t16-/m1/s1. The van der Waals surface area contributed by atoms with Crippen molar-refractivity contribution in [2.75, 3.05) is 31.3 Å². The van der Waals surface area contributed by atoms with Gasteiger partial charge in [-0.05, 0) is 42.5 Å². The minimum Gasteiger partial charge on any atom is -0.377 e. The van der Waals surface area contributed by atoms with E-state index in [0.717, 1.165) is 25.7 Å². The predicted octanol–water partition coefficient (Wildman–Crippen LogP) is 2.77. The molecule has 1 saturated heterocycles. The quantitative estimate of drug-likeness (QED) is 0.727. The molecular weight excluding hydrogens is 384 g/mol. The van der Waals surface area contributed by atoms with E-state index in [1.165, 1.54) is 17.0 Å². The summed E-state index contributed by atoms with van der Waals surface area (Å²) in [6.07, 6.45) is 3.38. The van der Waals surface area contributed by atoms with Gasteiger partial charge in [-0.1, -0.05) is 12.1 Å². The molecule has 0 spiro atoms. The first kappa shape index (κ1) is 20.0. The third kappa shape index (κ3) is 6.14. The van der Waals surface area contributed by atoms with Crippen LogP contribution < -0.4 is 5.32 Å². The number of sulfone groups is 1. The number of carbonyl (C=O) groups is 1. The van der Waals surface area contributed by atoms with E-state index in [9.17, 15) is 13.2 Å². The van der Waals surface area contributed by atoms with Gasteiger partial charge >= 0.3 is 0 Å². The number of anilines is 1. The first-order valence-corrected chi connectivity index (χ1v) is 11.6. The molecule has 2 aromatic rings. The molecule has 1 atom stereocenters. The molecule has 27 heavy (non-hydrogen) atoms. The summed E-state index contributed by atoms with van der Waals surface area (Å²) < 4.78 is 29.1. The molecule has 0 aliphatic carbocycles. The fourth-order valence-corrected chi connectivity index (χ4v) is 4.51. The molecule has 1 aliphatic rings. The summed E-state index contributed by atoms with van der Waals surface area (Å²) in [5.74, 6) is -0.171. The third-order valence-electron chi connectivity index (χ3n) is 4.36. The Bertz CT molecular complexity index is 860. The van der Waals surface area contributed by atoms with Gasteiger partial charge in [0.2, 0.25) is 5.91 Å². The molecular formula is C19H24N2O4S2. The lowest BCUT2D eigenvalue weighted by atomic mass is 10.2. The minimum absolute atomic E-state index is 0.159. The monoisotopic (exact) mass is 408 g/mol. The van der Waals surface area contributed by atoms with Gasteiger partial charge in [-0.2, -0.15) is 0 Å². The topological polar surface area (TPSA) is 75.7 Å². The fraction of sp³-hybridized carbons (Fsp3) is 0.421. The number of rotatable bonds is 8. The van der Waals surface area contributed by atoms with Gasteiger partial charge in [0.15, 0.2) is 9.84 Å². The van der Waals surface area contributed by atoms with E-state index >= 15 is 0 Å². The van der Waals surface area contributed by atoms with Crippen LogP contribution in [0, 0.1) is 0 Å². The number of nitrogens with zero attached hydrogens (tertiary/aromatic N) is 1. The highest BCUT2D eigenvalue weighted by molar-refractivity contribution is 7.90. The fourth-order valence-electron chi connectivity index (χ4n) is 3.09. The normalized spacial score (nSPS) is 17.3. The molecule has 1 aromatic carbocycles. The molecule has 1 aliphatic heterocycles. The summed E-state index contributed by atoms with van der Waals surface area (Å²) in [4.78, 5) is 16.0. The van der Waals surface area contributed by atoms with Gasteiger partial charge in [-0.3, -0.25) is 9.69 Å². The zero-order chi connectivity index (χ0) is 19.3. The van der Waals surface area contributed by atoms with Crippen LogP contribution in [-0.4, -0.2) is 51.3 Å². The molecule has 2 heterocycles. The van der Waals surface area contributed by atoms with Gasteiger partial charge in [0.25, 0.3) is 0 Å². The predicted molar refractivity (Wildman–Crippen MR) is 107 cm³/mol. The Morgan fingerprint density at radius 3 is 2.85 bits per heavy atom. The Hall–Kier alpha value is -1.74. The molecule has 0 bridgehead atoms. The van der Waals surface area contributed by atoms with Crippen molar-refractivity contribution in [1.29, 1.82) is 0 Å². The maximum absolute atomic E-state index is 12.5. The van der Waals surface area contributed by atoms with Crippen molar-refractivity contribution in [3.8, 4) is 0 Å². The summed E-state index contributed by atoms with van der Waals surface area (Å²) in [7, 11) is -3.31. The van der Waals surface area contributed by atoms with Crippen molar-refractivity contribution < 1.29 is 17.9 Å². The Labute approximate surface area is 164 Å². The average Bonchev–Trinajstić information content (AvgIpc) is 3.28. The number of ether oxygens (including phenoxy) is 1. The van der Waals surface area contributed by atoms with Crippen LogP contribution in [0.1, 0.15) is 17.7 Å². The zero-order valence-corrected chi connectivity index (χ0v) is 16.9. The van der Waals surface area contributed by atoms with E-state index in [1.54, 1.807) is 23.5 Å². The summed E-state index contributed by atoms with van der Waals surface area (Å²) >= 11 is 1.66. The SMILES string of the molecule is CS(=O)(=O)c1cccc(NC(=O)CN(Cc2cccs2)C[C@H]2CCCO2)c1. The number of nitrogens with one attached hydrogen (secondary N) is 1. The molecule has 1 amide bonds. The number of hydrogen-bond donors (Lipinski definition) is 1. The van der Waals surface area contributed by atoms with Crippen LogP contribution in [0.2, 0.25) is 0 Å². The molecule has 1 aromatic heterocycles. The van der Waals surface area contributed by atoms with Gasteiger partial charge < -0.3 is 10.1 Å². The lowest BCUT2D eigenvalue weighted by molar-refractivity contribution is -0.117. The molecule has 1 fully saturated rings. The van der Waals surface area contributed by atoms with Gasteiger partial charge in [-0.25, -0.2) is 8.42 Å². The Morgan fingerprint density at radius 2 is 2.19 bits per heavy atom. The van der Waals surface area contributed by atoms with Crippen LogP contribution in [0.15, 0.2) is 46.7 Å². The molecule has 0 saturated carbocycles. The molecule has 1 N–H and O–H groups in total.